The lowest BCUT2D eigenvalue weighted by Gasteiger charge is -2.21. The molecule has 5 rings (SSSR count). The van der Waals surface area contributed by atoms with E-state index in [4.69, 9.17) is 9.47 Å². The summed E-state index contributed by atoms with van der Waals surface area (Å²) in [4.78, 5) is 23.3. The van der Waals surface area contributed by atoms with E-state index in [1.165, 1.54) is 12.4 Å². The minimum Gasteiger partial charge on any atom is -0.380 e. The van der Waals surface area contributed by atoms with Gasteiger partial charge in [0, 0.05) is 31.1 Å². The number of carbonyl (C=O) groups is 1. The third kappa shape index (κ3) is 6.17. The Kier molecular flexibility index (Phi) is 7.54. The van der Waals surface area contributed by atoms with Gasteiger partial charge in [-0.05, 0) is 30.2 Å². The van der Waals surface area contributed by atoms with E-state index in [0.717, 1.165) is 30.7 Å². The number of ether oxygens (including phenoxy) is 2. The monoisotopic (exact) mass is 515 g/mol. The van der Waals surface area contributed by atoms with Crippen molar-refractivity contribution >= 4 is 22.6 Å². The van der Waals surface area contributed by atoms with Gasteiger partial charge in [-0.1, -0.05) is 30.3 Å². The van der Waals surface area contributed by atoms with Crippen LogP contribution in [0.4, 0.5) is 19.0 Å². The van der Waals surface area contributed by atoms with Gasteiger partial charge in [0.2, 0.25) is 5.91 Å². The molecule has 0 radical (unpaired) electrons. The molecule has 3 aromatic rings. The second kappa shape index (κ2) is 11.0. The van der Waals surface area contributed by atoms with Crippen molar-refractivity contribution < 1.29 is 27.4 Å². The Labute approximate surface area is 212 Å². The van der Waals surface area contributed by atoms with E-state index >= 15 is 0 Å². The molecule has 2 aromatic carbocycles. The smallest absolute Gasteiger partial charge is 0.380 e. The van der Waals surface area contributed by atoms with Crippen LogP contribution in [0.15, 0.2) is 54.9 Å². The third-order valence-corrected chi connectivity index (χ3v) is 6.75. The molecule has 1 amide bonds. The molecule has 2 fully saturated rings. The second-order valence-electron chi connectivity index (χ2n) is 9.29. The van der Waals surface area contributed by atoms with E-state index in [-0.39, 0.29) is 41.8 Å². The topological polar surface area (TPSA) is 88.6 Å². The van der Waals surface area contributed by atoms with Crippen LogP contribution >= 0.6 is 0 Å². The van der Waals surface area contributed by atoms with Crippen LogP contribution in [0.25, 0.3) is 10.9 Å². The first-order chi connectivity index (χ1) is 17.9. The molecule has 2 aliphatic heterocycles. The molecule has 0 saturated carbocycles. The summed E-state index contributed by atoms with van der Waals surface area (Å²) in [5, 5.41) is 6.11. The van der Waals surface area contributed by atoms with Gasteiger partial charge < -0.3 is 20.1 Å². The van der Waals surface area contributed by atoms with Crippen molar-refractivity contribution in [2.45, 2.75) is 37.4 Å². The lowest BCUT2D eigenvalue weighted by atomic mass is 10.1. The van der Waals surface area contributed by atoms with E-state index in [0.29, 0.717) is 31.8 Å². The number of rotatable bonds is 8. The molecule has 8 nitrogen and oxygen atoms in total. The number of benzene rings is 2. The molecule has 37 heavy (non-hydrogen) atoms. The lowest BCUT2D eigenvalue weighted by molar-refractivity contribution is -0.137. The number of nitrogens with zero attached hydrogens (tertiary/aromatic N) is 3. The molecule has 0 aliphatic carbocycles. The van der Waals surface area contributed by atoms with Crippen molar-refractivity contribution in [2.75, 3.05) is 38.2 Å². The number of nitrogens with one attached hydrogen (secondary N) is 2. The number of aromatic nitrogens is 2. The Morgan fingerprint density at radius 3 is 2.73 bits per heavy atom. The van der Waals surface area contributed by atoms with E-state index < -0.39 is 11.7 Å². The highest BCUT2D eigenvalue weighted by Crippen LogP contribution is 2.32. The van der Waals surface area contributed by atoms with Crippen LogP contribution in [-0.4, -0.2) is 71.8 Å². The number of likely N-dealkylation sites (tertiary alicyclic amines) is 1. The first-order valence-corrected chi connectivity index (χ1v) is 12.2. The van der Waals surface area contributed by atoms with Gasteiger partial charge in [0.1, 0.15) is 12.1 Å². The molecule has 1 aromatic heterocycles. The van der Waals surface area contributed by atoms with Crippen molar-refractivity contribution in [2.24, 2.45) is 0 Å². The second-order valence-corrected chi connectivity index (χ2v) is 9.29. The number of anilines is 1. The minimum absolute atomic E-state index is 0.156. The van der Waals surface area contributed by atoms with E-state index in [1.807, 2.05) is 30.3 Å². The lowest BCUT2D eigenvalue weighted by Crippen LogP contribution is -2.46. The van der Waals surface area contributed by atoms with Crippen molar-refractivity contribution in [3.8, 4) is 0 Å². The molecule has 2 unspecified atom stereocenters. The number of carbonyl (C=O) groups excluding carboxylic acids is 1. The summed E-state index contributed by atoms with van der Waals surface area (Å²) in [6.07, 6.45) is -2.51. The summed E-state index contributed by atoms with van der Waals surface area (Å²) < 4.78 is 51.3. The third-order valence-electron chi connectivity index (χ3n) is 6.75. The number of amides is 1. The van der Waals surface area contributed by atoms with Gasteiger partial charge in [-0.2, -0.15) is 13.2 Å². The largest absolute Gasteiger partial charge is 0.416 e. The summed E-state index contributed by atoms with van der Waals surface area (Å²) >= 11 is 0. The predicted molar refractivity (Wildman–Crippen MR) is 131 cm³/mol. The van der Waals surface area contributed by atoms with Gasteiger partial charge in [-0.25, -0.2) is 9.97 Å². The predicted octanol–water partition coefficient (Wildman–Crippen LogP) is 3.24. The van der Waals surface area contributed by atoms with Crippen molar-refractivity contribution in [1.29, 1.82) is 0 Å². The molecular weight excluding hydrogens is 487 g/mol. The van der Waals surface area contributed by atoms with Crippen LogP contribution < -0.4 is 10.6 Å². The Morgan fingerprint density at radius 1 is 1.14 bits per heavy atom. The quantitative estimate of drug-likeness (QED) is 0.476. The van der Waals surface area contributed by atoms with E-state index in [2.05, 4.69) is 25.5 Å². The maximum Gasteiger partial charge on any atom is 0.416 e. The molecule has 2 saturated heterocycles. The SMILES string of the molecule is O=C(CNc1ncnc2ccc(C(F)(F)F)cc12)NC1CN(C2CCOC2)C[C@@H]1OCc1ccccc1. The first kappa shape index (κ1) is 25.4. The van der Waals surface area contributed by atoms with Gasteiger partial charge in [-0.3, -0.25) is 9.69 Å². The number of hydrogen-bond donors (Lipinski definition) is 2. The number of alkyl halides is 3. The maximum atomic E-state index is 13.2. The number of hydrogen-bond acceptors (Lipinski definition) is 7. The summed E-state index contributed by atoms with van der Waals surface area (Å²) in [5.41, 5.74) is 0.596. The van der Waals surface area contributed by atoms with Crippen LogP contribution in [0.5, 0.6) is 0 Å². The number of halogens is 3. The highest BCUT2D eigenvalue weighted by molar-refractivity contribution is 5.91. The zero-order chi connectivity index (χ0) is 25.8. The van der Waals surface area contributed by atoms with Gasteiger partial charge in [0.25, 0.3) is 0 Å². The molecule has 2 N–H and O–H groups in total. The van der Waals surface area contributed by atoms with Gasteiger partial charge >= 0.3 is 6.18 Å². The molecule has 0 spiro atoms. The fourth-order valence-corrected chi connectivity index (χ4v) is 4.79. The Balaban J connectivity index is 1.24. The molecule has 196 valence electrons. The molecule has 3 atom stereocenters. The Hall–Kier alpha value is -3.28. The van der Waals surface area contributed by atoms with Crippen molar-refractivity contribution in [1.82, 2.24) is 20.2 Å². The van der Waals surface area contributed by atoms with Crippen LogP contribution in [-0.2, 0) is 27.1 Å². The summed E-state index contributed by atoms with van der Waals surface area (Å²) in [7, 11) is 0. The van der Waals surface area contributed by atoms with Crippen LogP contribution in [0.3, 0.4) is 0 Å². The van der Waals surface area contributed by atoms with Gasteiger partial charge in [0.15, 0.2) is 0 Å². The highest BCUT2D eigenvalue weighted by Gasteiger charge is 2.39. The molecule has 2 aliphatic rings. The van der Waals surface area contributed by atoms with Gasteiger partial charge in [-0.15, -0.1) is 0 Å². The van der Waals surface area contributed by atoms with Crippen LogP contribution in [0, 0.1) is 0 Å². The zero-order valence-corrected chi connectivity index (χ0v) is 20.1. The maximum absolute atomic E-state index is 13.2. The molecule has 3 heterocycles. The summed E-state index contributed by atoms with van der Waals surface area (Å²) in [5.74, 6) is -0.138. The fraction of sp³-hybridized carbons (Fsp3) is 0.423. The van der Waals surface area contributed by atoms with Crippen LogP contribution in [0.2, 0.25) is 0 Å². The van der Waals surface area contributed by atoms with Crippen molar-refractivity contribution in [3.05, 3.63) is 66.0 Å². The summed E-state index contributed by atoms with van der Waals surface area (Å²) in [6.45, 7) is 2.96. The Bertz CT molecular complexity index is 1220. The summed E-state index contributed by atoms with van der Waals surface area (Å²) in [6, 6.07) is 13.1. The fourth-order valence-electron chi connectivity index (χ4n) is 4.79. The Morgan fingerprint density at radius 2 is 1.97 bits per heavy atom. The molecular formula is C26H28F3N5O3. The molecule has 11 heteroatoms. The number of fused-ring (bicyclic) bond motifs is 1. The average molecular weight is 516 g/mol. The first-order valence-electron chi connectivity index (χ1n) is 12.2. The molecule has 0 bridgehead atoms. The highest BCUT2D eigenvalue weighted by atomic mass is 19.4. The zero-order valence-electron chi connectivity index (χ0n) is 20.1. The van der Waals surface area contributed by atoms with E-state index in [9.17, 15) is 18.0 Å². The van der Waals surface area contributed by atoms with E-state index in [1.54, 1.807) is 0 Å². The minimum atomic E-state index is -4.49. The normalized spacial score (nSPS) is 22.4. The van der Waals surface area contributed by atoms with Gasteiger partial charge in [0.05, 0.1) is 43.0 Å². The average Bonchev–Trinajstić information content (AvgIpc) is 3.56. The standard InChI is InChI=1S/C26H28F3N5O3/c27-26(28,29)18-6-7-21-20(10-18)25(32-16-31-21)30-11-24(35)33-22-12-34(19-8-9-36-15-19)13-23(22)37-14-17-4-2-1-3-5-17/h1-7,10,16,19,22-23H,8-9,11-15H2,(H,33,35)(H,30,31,32)/t19?,22?,23-/m0/s1. The van der Waals surface area contributed by atoms with Crippen molar-refractivity contribution in [3.63, 3.8) is 0 Å². The van der Waals surface area contributed by atoms with Crippen LogP contribution in [0.1, 0.15) is 17.5 Å².